The molecule has 2 amide bonds. The molecule has 0 radical (unpaired) electrons. The van der Waals surface area contributed by atoms with Crippen molar-refractivity contribution in [1.82, 2.24) is 19.2 Å². The minimum atomic E-state index is -3.39. The van der Waals surface area contributed by atoms with Crippen molar-refractivity contribution in [2.24, 2.45) is 11.7 Å². The van der Waals surface area contributed by atoms with Crippen LogP contribution in [0.3, 0.4) is 0 Å². The van der Waals surface area contributed by atoms with Gasteiger partial charge in [0.2, 0.25) is 21.8 Å². The third-order valence-corrected chi connectivity index (χ3v) is 9.90. The molecule has 13 heteroatoms. The van der Waals surface area contributed by atoms with Crippen molar-refractivity contribution >= 4 is 21.8 Å². The summed E-state index contributed by atoms with van der Waals surface area (Å²) in [7, 11) is -0.126. The number of carbonyl (C=O) groups is 2. The number of hydrogen-bond acceptors (Lipinski definition) is 8. The van der Waals surface area contributed by atoms with E-state index in [0.29, 0.717) is 6.42 Å². The summed E-state index contributed by atoms with van der Waals surface area (Å²) in [6.45, 7) is 10.6. The van der Waals surface area contributed by atoms with Crippen molar-refractivity contribution in [2.75, 3.05) is 53.1 Å². The van der Waals surface area contributed by atoms with Gasteiger partial charge >= 0.3 is 0 Å². The highest BCUT2D eigenvalue weighted by Crippen LogP contribution is 2.32. The Morgan fingerprint density at radius 1 is 1.00 bits per heavy atom. The van der Waals surface area contributed by atoms with E-state index in [4.69, 9.17) is 10.6 Å². The highest BCUT2D eigenvalue weighted by molar-refractivity contribution is 7.88. The van der Waals surface area contributed by atoms with Gasteiger partial charge in [0.15, 0.2) is 0 Å². The summed E-state index contributed by atoms with van der Waals surface area (Å²) in [4.78, 5) is 37.4. The van der Waals surface area contributed by atoms with Crippen molar-refractivity contribution in [1.29, 1.82) is 0 Å². The number of rotatable bonds is 13. The van der Waals surface area contributed by atoms with Crippen molar-refractivity contribution in [3.8, 4) is 5.75 Å². The molecule has 0 bridgehead atoms. The summed E-state index contributed by atoms with van der Waals surface area (Å²) < 4.78 is 38.8. The first kappa shape index (κ1) is 38.3. The number of hydroxylamine groups is 2. The summed E-state index contributed by atoms with van der Waals surface area (Å²) in [5.41, 5.74) is 8.31. The van der Waals surface area contributed by atoms with Gasteiger partial charge in [0.1, 0.15) is 23.7 Å². The number of phenols is 1. The van der Waals surface area contributed by atoms with Crippen LogP contribution in [0.4, 0.5) is 4.39 Å². The molecular weight excluding hydrogens is 625 g/mol. The van der Waals surface area contributed by atoms with Gasteiger partial charge in [-0.25, -0.2) is 12.8 Å². The normalized spacial score (nSPS) is 16.7. The lowest BCUT2D eigenvalue weighted by atomic mass is 9.84. The molecular formula is C34H52FN5O6S. The highest BCUT2D eigenvalue weighted by atomic mass is 32.2. The lowest BCUT2D eigenvalue weighted by Gasteiger charge is -2.39. The average molecular weight is 678 g/mol. The number of benzene rings is 2. The van der Waals surface area contributed by atoms with E-state index >= 15 is 0 Å². The predicted molar refractivity (Wildman–Crippen MR) is 180 cm³/mol. The zero-order chi connectivity index (χ0) is 35.3. The van der Waals surface area contributed by atoms with Crippen LogP contribution >= 0.6 is 0 Å². The number of carbonyl (C=O) groups excluding carboxylic acids is 2. The number of aromatic hydroxyl groups is 1. The molecule has 1 fully saturated rings. The molecule has 1 saturated heterocycles. The molecule has 2 aromatic rings. The number of phenolic OH excluding ortho intramolecular Hbond substituents is 1. The summed E-state index contributed by atoms with van der Waals surface area (Å²) in [6, 6.07) is 9.27. The number of halogens is 1. The van der Waals surface area contributed by atoms with Crippen LogP contribution in [0.15, 0.2) is 42.5 Å². The number of nitrogens with two attached hydrogens (primary N) is 1. The zero-order valence-electron chi connectivity index (χ0n) is 28.9. The lowest BCUT2D eigenvalue weighted by molar-refractivity contribution is -0.192. The molecule has 0 aliphatic carbocycles. The number of amides is 2. The Kier molecular flexibility index (Phi) is 12.9. The number of likely N-dealkylation sites (N-methyl/N-ethyl adjacent to an activating group) is 2. The van der Waals surface area contributed by atoms with Crippen LogP contribution in [0.25, 0.3) is 0 Å². The van der Waals surface area contributed by atoms with Gasteiger partial charge in [0.25, 0.3) is 0 Å². The maximum Gasteiger partial charge on any atom is 0.245 e. The van der Waals surface area contributed by atoms with E-state index in [-0.39, 0.29) is 73.9 Å². The van der Waals surface area contributed by atoms with E-state index in [1.54, 1.807) is 43.3 Å². The molecule has 1 heterocycles. The first-order valence-corrected chi connectivity index (χ1v) is 17.8. The SMILES string of the molecule is CC(C)[C@@H](C(=O)N(C)[C@@H](Cc1ccc(O)c(C(C)(C)C)c1)C(=O)N1CCN(S(C)(=O)=O)CC1)N(C)OC[C@@H](N)Cc1ccc(F)cc1. The Labute approximate surface area is 279 Å². The van der Waals surface area contributed by atoms with Crippen LogP contribution < -0.4 is 5.73 Å². The van der Waals surface area contributed by atoms with Crippen molar-refractivity contribution < 1.29 is 32.3 Å². The first-order chi connectivity index (χ1) is 21.8. The number of hydrogen-bond donors (Lipinski definition) is 2. The van der Waals surface area contributed by atoms with Crippen LogP contribution in [0.5, 0.6) is 5.75 Å². The zero-order valence-corrected chi connectivity index (χ0v) is 29.8. The van der Waals surface area contributed by atoms with Crippen LogP contribution in [0.2, 0.25) is 0 Å². The Morgan fingerprint density at radius 3 is 2.11 bits per heavy atom. The lowest BCUT2D eigenvalue weighted by Crippen LogP contribution is -2.59. The Morgan fingerprint density at radius 2 is 1.57 bits per heavy atom. The fraction of sp³-hybridized carbons (Fsp3) is 0.588. The molecule has 3 rings (SSSR count). The van der Waals surface area contributed by atoms with Crippen molar-refractivity contribution in [3.63, 3.8) is 0 Å². The largest absolute Gasteiger partial charge is 0.508 e. The van der Waals surface area contributed by atoms with Crippen LogP contribution in [-0.2, 0) is 42.7 Å². The standard InChI is InChI=1S/C34H52FN5O6S/c1-23(2)31(38(7)46-22-27(36)19-24-9-12-26(35)13-10-24)33(43)37(6)29(21-25-11-14-30(41)28(20-25)34(3,4)5)32(42)39-15-17-40(18-16-39)47(8,44)45/h9-14,20,23,27,29,31,41H,15-19,21-22,36H2,1-8H3/t27-,29-,31-/m0/s1. The van der Waals surface area contributed by atoms with Gasteiger partial charge in [-0.15, -0.1) is 0 Å². The van der Waals surface area contributed by atoms with Crippen LogP contribution in [0.1, 0.15) is 51.3 Å². The van der Waals surface area contributed by atoms with Gasteiger partial charge in [-0.05, 0) is 52.6 Å². The van der Waals surface area contributed by atoms with Gasteiger partial charge in [0.05, 0.1) is 12.9 Å². The van der Waals surface area contributed by atoms with E-state index in [1.165, 1.54) is 26.4 Å². The number of sulfonamides is 1. The summed E-state index contributed by atoms with van der Waals surface area (Å²) >= 11 is 0. The first-order valence-electron chi connectivity index (χ1n) is 16.0. The van der Waals surface area contributed by atoms with E-state index in [9.17, 15) is 27.5 Å². The maximum atomic E-state index is 14.2. The molecule has 3 N–H and O–H groups in total. The van der Waals surface area contributed by atoms with Gasteiger partial charge in [-0.2, -0.15) is 9.37 Å². The smallest absolute Gasteiger partial charge is 0.245 e. The predicted octanol–water partition coefficient (Wildman–Crippen LogP) is 2.76. The molecule has 1 aliphatic heterocycles. The maximum absolute atomic E-state index is 14.2. The number of nitrogens with zero attached hydrogens (tertiary/aromatic N) is 4. The monoisotopic (exact) mass is 677 g/mol. The molecule has 3 atom stereocenters. The second-order valence-electron chi connectivity index (χ2n) is 13.9. The van der Waals surface area contributed by atoms with Gasteiger partial charge in [0, 0.05) is 52.7 Å². The van der Waals surface area contributed by atoms with Crippen molar-refractivity contribution in [2.45, 2.75) is 71.0 Å². The van der Waals surface area contributed by atoms with E-state index < -0.39 is 28.1 Å². The molecule has 1 aliphatic rings. The highest BCUT2D eigenvalue weighted by Gasteiger charge is 2.38. The third-order valence-electron chi connectivity index (χ3n) is 8.60. The fourth-order valence-electron chi connectivity index (χ4n) is 5.87. The van der Waals surface area contributed by atoms with Gasteiger partial charge in [-0.1, -0.05) is 58.9 Å². The molecule has 262 valence electrons. The molecule has 47 heavy (non-hydrogen) atoms. The van der Waals surface area contributed by atoms with Gasteiger partial charge in [-0.3, -0.25) is 14.4 Å². The summed E-state index contributed by atoms with van der Waals surface area (Å²) in [5.74, 6) is -0.974. The second-order valence-corrected chi connectivity index (χ2v) is 15.9. The average Bonchev–Trinajstić information content (AvgIpc) is 2.99. The fourth-order valence-corrected chi connectivity index (χ4v) is 6.70. The third kappa shape index (κ3) is 10.4. The molecule has 2 aromatic carbocycles. The van der Waals surface area contributed by atoms with E-state index in [0.717, 1.165) is 22.9 Å². The van der Waals surface area contributed by atoms with Gasteiger partial charge < -0.3 is 20.6 Å². The number of piperazine rings is 1. The topological polar surface area (TPSA) is 137 Å². The Bertz CT molecular complexity index is 1470. The van der Waals surface area contributed by atoms with E-state index in [2.05, 4.69) is 0 Å². The molecule has 0 unspecified atom stereocenters. The Hall–Kier alpha value is -3.10. The van der Waals surface area contributed by atoms with E-state index in [1.807, 2.05) is 40.7 Å². The van der Waals surface area contributed by atoms with Crippen molar-refractivity contribution in [3.05, 3.63) is 65.0 Å². The van der Waals surface area contributed by atoms with Crippen LogP contribution in [0, 0.1) is 11.7 Å². The molecule has 0 aromatic heterocycles. The molecule has 0 saturated carbocycles. The second kappa shape index (κ2) is 15.9. The summed E-state index contributed by atoms with van der Waals surface area (Å²) in [6.07, 6.45) is 1.80. The van der Waals surface area contributed by atoms with Crippen LogP contribution in [-0.4, -0.2) is 116 Å². The molecule has 0 spiro atoms. The minimum Gasteiger partial charge on any atom is -0.508 e. The summed E-state index contributed by atoms with van der Waals surface area (Å²) in [5, 5.41) is 12.0. The molecule has 11 nitrogen and oxygen atoms in total. The minimum absolute atomic E-state index is 0.115. The quantitative estimate of drug-likeness (QED) is 0.309. The Balaban J connectivity index is 1.84.